The molecular weight excluding hydrogens is 666 g/mol. The monoisotopic (exact) mass is 738 g/mol. The molecule has 1 aromatic carbocycles. The highest BCUT2D eigenvalue weighted by Gasteiger charge is 2.41. The first-order chi connectivity index (χ1) is 24.4. The summed E-state index contributed by atoms with van der Waals surface area (Å²) in [5.41, 5.74) is 1.61. The number of hydrogen-bond acceptors (Lipinski definition) is 8. The van der Waals surface area contributed by atoms with Crippen molar-refractivity contribution in [3.8, 4) is 0 Å². The minimum absolute atomic E-state index is 0.0204. The van der Waals surface area contributed by atoms with E-state index in [9.17, 15) is 24.0 Å². The molecule has 52 heavy (non-hydrogen) atoms. The van der Waals surface area contributed by atoms with Gasteiger partial charge in [0.2, 0.25) is 24.1 Å². The first-order valence-electron chi connectivity index (χ1n) is 18.4. The SMILES string of the molecule is CCC.CCC(C)C(C(CC(=O)N1CCCC1C(OC)C(C)C(=O)NCC(=O)O)OC)N(C)C(=O)CNC=O.CNC(C)(C)C.Cc1ccccc1. The maximum absolute atomic E-state index is 13.5. The summed E-state index contributed by atoms with van der Waals surface area (Å²) in [5, 5.41) is 16.7. The summed E-state index contributed by atoms with van der Waals surface area (Å²) in [7, 11) is 6.57. The topological polar surface area (TPSA) is 167 Å². The number of likely N-dealkylation sites (N-methyl/N-ethyl adjacent to an activating group) is 1. The Hall–Kier alpha value is -3.55. The van der Waals surface area contributed by atoms with Gasteiger partial charge in [-0.25, -0.2) is 0 Å². The predicted molar refractivity (Wildman–Crippen MR) is 207 cm³/mol. The maximum Gasteiger partial charge on any atom is 0.322 e. The summed E-state index contributed by atoms with van der Waals surface area (Å²) in [6, 6.07) is 9.51. The van der Waals surface area contributed by atoms with Gasteiger partial charge in [-0.2, -0.15) is 0 Å². The second-order valence-electron chi connectivity index (χ2n) is 14.1. The largest absolute Gasteiger partial charge is 0.480 e. The van der Waals surface area contributed by atoms with Crippen LogP contribution in [0.2, 0.25) is 0 Å². The van der Waals surface area contributed by atoms with Crippen LogP contribution in [0, 0.1) is 18.8 Å². The highest BCUT2D eigenvalue weighted by Crippen LogP contribution is 2.29. The first-order valence-corrected chi connectivity index (χ1v) is 18.4. The second-order valence-corrected chi connectivity index (χ2v) is 14.1. The Kier molecular flexibility index (Phi) is 27.2. The van der Waals surface area contributed by atoms with Gasteiger partial charge in [-0.1, -0.05) is 83.4 Å². The molecule has 1 saturated heterocycles. The molecule has 13 heteroatoms. The van der Waals surface area contributed by atoms with Gasteiger partial charge >= 0.3 is 5.97 Å². The van der Waals surface area contributed by atoms with Crippen molar-refractivity contribution < 1.29 is 38.6 Å². The average molecular weight is 738 g/mol. The van der Waals surface area contributed by atoms with E-state index >= 15 is 0 Å². The molecule has 13 nitrogen and oxygen atoms in total. The molecule has 4 amide bonds. The van der Waals surface area contributed by atoms with Gasteiger partial charge in [-0.3, -0.25) is 24.0 Å². The number of aryl methyl sites for hydroxylation is 1. The Labute approximate surface area is 313 Å². The molecule has 1 fully saturated rings. The van der Waals surface area contributed by atoms with Gasteiger partial charge in [0.15, 0.2) is 0 Å². The summed E-state index contributed by atoms with van der Waals surface area (Å²) < 4.78 is 11.3. The van der Waals surface area contributed by atoms with Crippen LogP contribution in [0.25, 0.3) is 0 Å². The van der Waals surface area contributed by atoms with Crippen molar-refractivity contribution in [3.63, 3.8) is 0 Å². The average Bonchev–Trinajstić information content (AvgIpc) is 3.59. The minimum atomic E-state index is -1.14. The first kappa shape index (κ1) is 50.6. The molecule has 1 aromatic rings. The van der Waals surface area contributed by atoms with E-state index in [2.05, 4.69) is 69.6 Å². The van der Waals surface area contributed by atoms with E-state index in [1.807, 2.05) is 39.1 Å². The minimum Gasteiger partial charge on any atom is -0.480 e. The third-order valence-electron chi connectivity index (χ3n) is 8.75. The van der Waals surface area contributed by atoms with Crippen molar-refractivity contribution in [2.24, 2.45) is 11.8 Å². The summed E-state index contributed by atoms with van der Waals surface area (Å²) in [5.74, 6) is -2.72. The number of methoxy groups -OCH3 is 2. The number of nitrogens with zero attached hydrogens (tertiary/aromatic N) is 2. The van der Waals surface area contributed by atoms with Gasteiger partial charge in [-0.05, 0) is 53.5 Å². The van der Waals surface area contributed by atoms with Crippen molar-refractivity contribution in [3.05, 3.63) is 35.9 Å². The van der Waals surface area contributed by atoms with E-state index in [1.54, 1.807) is 18.9 Å². The number of rotatable bonds is 16. The Bertz CT molecular complexity index is 1150. The number of carbonyl (C=O) groups excluding carboxylic acids is 4. The van der Waals surface area contributed by atoms with Crippen LogP contribution in [0.4, 0.5) is 0 Å². The summed E-state index contributed by atoms with van der Waals surface area (Å²) in [6.45, 7) is 18.2. The van der Waals surface area contributed by atoms with Gasteiger partial charge in [0.05, 0.1) is 43.2 Å². The molecule has 6 unspecified atom stereocenters. The van der Waals surface area contributed by atoms with Crippen molar-refractivity contribution >= 4 is 30.1 Å². The van der Waals surface area contributed by atoms with Crippen LogP contribution < -0.4 is 16.0 Å². The number of nitrogens with one attached hydrogen (secondary N) is 3. The Balaban J connectivity index is 0. The lowest BCUT2D eigenvalue weighted by Gasteiger charge is -2.39. The number of hydrogen-bond donors (Lipinski definition) is 4. The number of benzene rings is 1. The molecule has 4 N–H and O–H groups in total. The summed E-state index contributed by atoms with van der Waals surface area (Å²) in [6.07, 6.45) is 2.66. The smallest absolute Gasteiger partial charge is 0.322 e. The Morgan fingerprint density at radius 3 is 2.00 bits per heavy atom. The lowest BCUT2D eigenvalue weighted by molar-refractivity contribution is -0.146. The number of amides is 4. The standard InChI is InChI=1S/C24H42N4O8.C7H8.C5H13N.C3H8/c1-7-15(2)22(27(4)20(31)12-25-14-29)18(35-5)11-19(30)28-10-8-9-17(28)23(36-6)16(3)24(34)26-13-21(32)33;1-7-5-3-2-4-6-7;1-5(2,3)6-4;1-3-2/h14-18,22-23H,7-13H2,1-6H3,(H,25,29)(H,26,34)(H,32,33);2-6H,1H3;6H,1-4H3;3H2,1-2H3. The van der Waals surface area contributed by atoms with E-state index < -0.39 is 42.6 Å². The van der Waals surface area contributed by atoms with Gasteiger partial charge < -0.3 is 40.3 Å². The molecule has 0 spiro atoms. The lowest BCUT2D eigenvalue weighted by Crippen LogP contribution is -2.54. The molecule has 0 aliphatic carbocycles. The molecule has 0 radical (unpaired) electrons. The van der Waals surface area contributed by atoms with Crippen molar-refractivity contribution in [2.45, 2.75) is 124 Å². The molecule has 6 atom stereocenters. The van der Waals surface area contributed by atoms with Crippen LogP contribution in [0.5, 0.6) is 0 Å². The maximum atomic E-state index is 13.5. The van der Waals surface area contributed by atoms with Crippen molar-refractivity contribution in [1.29, 1.82) is 0 Å². The Morgan fingerprint density at radius 1 is 1.04 bits per heavy atom. The molecule has 300 valence electrons. The molecular formula is C39H71N5O8. The highest BCUT2D eigenvalue weighted by molar-refractivity contribution is 5.83. The van der Waals surface area contributed by atoms with Crippen LogP contribution in [0.15, 0.2) is 30.3 Å². The molecule has 0 bridgehead atoms. The lowest BCUT2D eigenvalue weighted by atomic mass is 9.90. The fourth-order valence-electron chi connectivity index (χ4n) is 5.44. The fourth-order valence-corrected chi connectivity index (χ4v) is 5.44. The zero-order valence-electron chi connectivity index (χ0n) is 34.3. The number of ether oxygens (including phenoxy) is 2. The van der Waals surface area contributed by atoms with Gasteiger partial charge in [0.1, 0.15) is 6.54 Å². The zero-order chi connectivity index (χ0) is 40.4. The molecule has 1 aliphatic rings. The highest BCUT2D eigenvalue weighted by atomic mass is 16.5. The number of carbonyl (C=O) groups is 5. The normalized spacial score (nSPS) is 16.4. The summed E-state index contributed by atoms with van der Waals surface area (Å²) in [4.78, 5) is 63.2. The Morgan fingerprint density at radius 2 is 1.60 bits per heavy atom. The number of aliphatic carboxylic acids is 1. The fraction of sp³-hybridized carbons (Fsp3) is 0.718. The molecule has 1 aliphatic heterocycles. The van der Waals surface area contributed by atoms with E-state index in [4.69, 9.17) is 14.6 Å². The van der Waals surface area contributed by atoms with E-state index in [-0.39, 0.29) is 36.7 Å². The van der Waals surface area contributed by atoms with Crippen LogP contribution in [0.1, 0.15) is 93.1 Å². The van der Waals surface area contributed by atoms with Crippen LogP contribution >= 0.6 is 0 Å². The van der Waals surface area contributed by atoms with E-state index in [1.165, 1.54) is 31.1 Å². The van der Waals surface area contributed by atoms with Crippen molar-refractivity contribution in [1.82, 2.24) is 25.8 Å². The number of carboxylic acids is 1. The quantitative estimate of drug-likeness (QED) is 0.181. The summed E-state index contributed by atoms with van der Waals surface area (Å²) >= 11 is 0. The van der Waals surface area contributed by atoms with E-state index in [0.717, 1.165) is 12.8 Å². The third-order valence-corrected chi connectivity index (χ3v) is 8.75. The van der Waals surface area contributed by atoms with Crippen LogP contribution in [-0.2, 0) is 33.4 Å². The predicted octanol–water partition coefficient (Wildman–Crippen LogP) is 4.27. The number of carboxylic acid groups (broad SMARTS) is 1. The molecule has 0 saturated carbocycles. The van der Waals surface area contributed by atoms with Gasteiger partial charge in [0.25, 0.3) is 0 Å². The second kappa shape index (κ2) is 28.0. The van der Waals surface area contributed by atoms with Gasteiger partial charge in [0, 0.05) is 33.4 Å². The van der Waals surface area contributed by atoms with Crippen LogP contribution in [0.3, 0.4) is 0 Å². The number of likely N-dealkylation sites (tertiary alicyclic amines) is 1. The zero-order valence-corrected chi connectivity index (χ0v) is 34.3. The van der Waals surface area contributed by atoms with Crippen molar-refractivity contribution in [2.75, 3.05) is 47.9 Å². The molecule has 2 rings (SSSR count). The van der Waals surface area contributed by atoms with Gasteiger partial charge in [-0.15, -0.1) is 0 Å². The van der Waals surface area contributed by atoms with E-state index in [0.29, 0.717) is 24.9 Å². The third kappa shape index (κ3) is 20.5. The molecule has 1 heterocycles. The molecule has 0 aromatic heterocycles. The van der Waals surface area contributed by atoms with Crippen LogP contribution in [-0.4, -0.2) is 123 Å².